The number of carbonyl (C=O) groups is 3. The van der Waals surface area contributed by atoms with E-state index in [-0.39, 0.29) is 92.6 Å². The van der Waals surface area contributed by atoms with Crippen LogP contribution in [0.1, 0.15) is 94.1 Å². The number of carboxylic acids is 1. The third kappa shape index (κ3) is 20.7. The van der Waals surface area contributed by atoms with Crippen molar-refractivity contribution in [2.24, 2.45) is 5.73 Å². The number of aliphatic hydroxyl groups is 3. The molecule has 0 aliphatic heterocycles. The van der Waals surface area contributed by atoms with Gasteiger partial charge in [0, 0.05) is 126 Å². The van der Waals surface area contributed by atoms with Crippen LogP contribution in [0.25, 0.3) is 49.8 Å². The van der Waals surface area contributed by atoms with Gasteiger partial charge in [-0.2, -0.15) is 15.3 Å². The zero-order valence-electron chi connectivity index (χ0n) is 65.9. The average molecular weight is 1600 g/mol. The van der Waals surface area contributed by atoms with Crippen LogP contribution in [-0.2, 0) is 43.7 Å². The fraction of sp³-hybridized carbons (Fsp3) is 0.357. The lowest BCUT2D eigenvalue weighted by atomic mass is 9.89. The number of aliphatic hydroxyl groups excluding tert-OH is 3. The first-order valence-corrected chi connectivity index (χ1v) is 38.8. The largest absolute Gasteiger partial charge is 0.480 e. The van der Waals surface area contributed by atoms with Crippen molar-refractivity contribution in [2.45, 2.75) is 133 Å². The highest BCUT2D eigenvalue weighted by Crippen LogP contribution is 2.35. The van der Waals surface area contributed by atoms with E-state index in [4.69, 9.17) is 30.2 Å². The SMILES string of the molecule is CN(C)C1CCC(N(CC(=O)O)c2ccc3cnc(Nc4ccc(-n5ccc(CO)n5)cc4F)cc3n2)CC1.COC(=O)CN(c1ccc2cnc(Nc3ccc(-n4ccc(CO)n4)cc3F)cc2n1)C1CCC(N(C)C)CC1.COC(=O)CN(c1ccc2cnc(Nc3ccc(-n4ccc(CO)n4)cc3F)cc2n1)C1CCC(N)CC1. The number of benzene rings is 3. The van der Waals surface area contributed by atoms with Gasteiger partial charge in [-0.15, -0.1) is 0 Å². The Bertz CT molecular complexity index is 5430. The van der Waals surface area contributed by atoms with Crippen molar-refractivity contribution in [2.75, 3.05) is 92.7 Å². The zero-order chi connectivity index (χ0) is 82.4. The minimum atomic E-state index is -0.898. The van der Waals surface area contributed by atoms with Gasteiger partial charge in [-0.25, -0.2) is 57.1 Å². The molecule has 3 saturated carbocycles. The topological polar surface area (TPSA) is 360 Å². The Morgan fingerprint density at radius 1 is 0.427 bits per heavy atom. The Balaban J connectivity index is 0.000000152. The summed E-state index contributed by atoms with van der Waals surface area (Å²) in [7, 11) is 11.1. The highest BCUT2D eigenvalue weighted by Gasteiger charge is 2.33. The molecule has 612 valence electrons. The number of esters is 2. The number of nitrogens with two attached hydrogens (primary N) is 1. The van der Waals surface area contributed by atoms with Crippen molar-refractivity contribution in [1.29, 1.82) is 0 Å². The number of anilines is 9. The van der Waals surface area contributed by atoms with Gasteiger partial charge in [-0.1, -0.05) is 0 Å². The lowest BCUT2D eigenvalue weighted by Crippen LogP contribution is -2.45. The number of aromatic nitrogens is 12. The lowest BCUT2D eigenvalue weighted by molar-refractivity contribution is -0.140. The van der Waals surface area contributed by atoms with E-state index in [9.17, 15) is 48.0 Å². The maximum Gasteiger partial charge on any atom is 0.325 e. The molecule has 0 saturated heterocycles. The average Bonchev–Trinajstić information content (AvgIpc) is 1.02. The van der Waals surface area contributed by atoms with Crippen LogP contribution in [0.5, 0.6) is 0 Å². The van der Waals surface area contributed by atoms with Crippen molar-refractivity contribution in [1.82, 2.24) is 69.0 Å². The summed E-state index contributed by atoms with van der Waals surface area (Å²) in [6.07, 6.45) is 21.3. The Morgan fingerprint density at radius 3 is 1.00 bits per heavy atom. The number of hydrogen-bond donors (Lipinski definition) is 8. The van der Waals surface area contributed by atoms with Gasteiger partial charge in [0.15, 0.2) is 0 Å². The maximum atomic E-state index is 15.0. The predicted molar refractivity (Wildman–Crippen MR) is 440 cm³/mol. The second kappa shape index (κ2) is 38.0. The van der Waals surface area contributed by atoms with E-state index in [2.05, 4.69) is 84.2 Å². The van der Waals surface area contributed by atoms with Gasteiger partial charge < -0.3 is 76.1 Å². The number of carboxylic acid groups (broad SMARTS) is 1. The summed E-state index contributed by atoms with van der Waals surface area (Å²) < 4.78 is 59.3. The van der Waals surface area contributed by atoms with Crippen LogP contribution in [0, 0.1) is 17.5 Å². The van der Waals surface area contributed by atoms with E-state index < -0.39 is 23.4 Å². The van der Waals surface area contributed by atoms with Crippen LogP contribution in [0.4, 0.5) is 65.1 Å². The van der Waals surface area contributed by atoms with E-state index in [0.29, 0.717) is 97.7 Å². The van der Waals surface area contributed by atoms with Gasteiger partial charge in [-0.3, -0.25) is 14.4 Å². The predicted octanol–water partition coefficient (Wildman–Crippen LogP) is 11.4. The van der Waals surface area contributed by atoms with Gasteiger partial charge in [-0.05, 0) is 196 Å². The van der Waals surface area contributed by atoms with Gasteiger partial charge in [0.25, 0.3) is 0 Å². The number of aliphatic carboxylic acids is 1. The summed E-state index contributed by atoms with van der Waals surface area (Å²) in [4.78, 5) is 74.4. The molecule has 3 aromatic carbocycles. The number of methoxy groups -OCH3 is 2. The van der Waals surface area contributed by atoms with Crippen molar-refractivity contribution in [3.63, 3.8) is 0 Å². The normalized spacial score (nSPS) is 17.4. The smallest absolute Gasteiger partial charge is 0.325 e. The number of pyridine rings is 6. The number of fused-ring (bicyclic) bond motifs is 3. The summed E-state index contributed by atoms with van der Waals surface area (Å²) in [5.41, 5.74) is 11.9. The molecule has 3 aliphatic rings. The maximum absolute atomic E-state index is 15.0. The minimum Gasteiger partial charge on any atom is -0.480 e. The number of ether oxygens (including phenoxy) is 2. The Morgan fingerprint density at radius 2 is 0.726 bits per heavy atom. The van der Waals surface area contributed by atoms with Crippen LogP contribution in [0.3, 0.4) is 0 Å². The molecule has 12 aromatic rings. The van der Waals surface area contributed by atoms with E-state index >= 15 is 0 Å². The summed E-state index contributed by atoms with van der Waals surface area (Å²) in [6.45, 7) is -0.469. The Hall–Kier alpha value is -12.3. The van der Waals surface area contributed by atoms with Crippen molar-refractivity contribution < 1.29 is 57.5 Å². The number of halogens is 3. The third-order valence-corrected chi connectivity index (χ3v) is 21.6. The van der Waals surface area contributed by atoms with E-state index in [0.717, 1.165) is 93.2 Å². The molecule has 0 bridgehead atoms. The molecule has 9 aromatic heterocycles. The molecule has 0 unspecified atom stereocenters. The number of nitrogens with one attached hydrogen (secondary N) is 3. The standard InChI is InChI=1S/C29H34FN7O3.C28H32FN7O3.C27H30FN7O3/c1-35(2)21-5-7-22(8-6-21)36(17-29(39)40-3)28-11-4-19-16-31-27(15-26(19)33-28)32-25-10-9-23(14-24(25)30)37-13-12-20(18-38)34-37;1-34(2)20-4-6-21(7-5-20)35(16-28(38)39)27-10-3-18-15-30-26(14-25(18)32-27)31-24-9-8-22(13-23(24)29)36-12-11-19(17-37)33-36;1-38-27(37)15-34(20-5-3-18(29)4-6-20)26-9-2-17-14-30-25(13-24(17)32-26)31-23-8-7-21(12-22(23)28)35-11-10-19(16-36)33-35/h4,9-16,21-22,38H,5-8,17-18H2,1-3H3,(H,31,32);3,8-15,20-21,37H,4-7,16-17H2,1-2H3,(H,30,31)(H,38,39);2,7-14,18,20,36H,3-6,15-16,29H2,1H3,(H,30,31). The van der Waals surface area contributed by atoms with E-state index in [1.54, 1.807) is 110 Å². The number of rotatable bonds is 26. The first kappa shape index (κ1) is 82.7. The van der Waals surface area contributed by atoms with Gasteiger partial charge >= 0.3 is 17.9 Å². The van der Waals surface area contributed by atoms with E-state index in [1.165, 1.54) is 46.5 Å². The van der Waals surface area contributed by atoms with Gasteiger partial charge in [0.1, 0.15) is 72.0 Å². The first-order chi connectivity index (χ1) is 56.6. The van der Waals surface area contributed by atoms with Crippen LogP contribution in [0.15, 0.2) is 165 Å². The second-order valence-electron chi connectivity index (χ2n) is 29.7. The van der Waals surface area contributed by atoms with Crippen LogP contribution < -0.4 is 36.4 Å². The van der Waals surface area contributed by atoms with Gasteiger partial charge in [0.05, 0.1) is 102 Å². The highest BCUT2D eigenvalue weighted by molar-refractivity contribution is 5.86. The molecule has 0 atom stereocenters. The zero-order valence-corrected chi connectivity index (χ0v) is 65.9. The summed E-state index contributed by atoms with van der Waals surface area (Å²) in [5.74, 6) is 0.267. The molecule has 9 heterocycles. The van der Waals surface area contributed by atoms with Crippen molar-refractivity contribution in [3.8, 4) is 17.1 Å². The summed E-state index contributed by atoms with van der Waals surface area (Å²) in [5, 5.41) is 61.4. The lowest BCUT2D eigenvalue weighted by Gasteiger charge is -2.39. The fourth-order valence-electron chi connectivity index (χ4n) is 15.1. The summed E-state index contributed by atoms with van der Waals surface area (Å²) >= 11 is 0. The van der Waals surface area contributed by atoms with Gasteiger partial charge in [0.2, 0.25) is 0 Å². The molecule has 33 heteroatoms. The summed E-state index contributed by atoms with van der Waals surface area (Å²) in [6, 6.07) is 37.3. The van der Waals surface area contributed by atoms with Crippen LogP contribution >= 0.6 is 0 Å². The molecule has 30 nitrogen and oxygen atoms in total. The molecule has 9 N–H and O–H groups in total. The van der Waals surface area contributed by atoms with Crippen LogP contribution in [-0.4, -0.2) is 206 Å². The molecular formula is C84H96F3N21O9. The fourth-order valence-corrected chi connectivity index (χ4v) is 15.1. The molecule has 0 spiro atoms. The number of carbonyl (C=O) groups excluding carboxylic acids is 2. The molecule has 117 heavy (non-hydrogen) atoms. The molecule has 15 rings (SSSR count). The molecule has 0 radical (unpaired) electrons. The number of hydrogen-bond acceptors (Lipinski definition) is 26. The second-order valence-corrected chi connectivity index (χ2v) is 29.7. The Kier molecular flexibility index (Phi) is 26.9. The third-order valence-electron chi connectivity index (χ3n) is 21.6. The first-order valence-electron chi connectivity index (χ1n) is 38.8. The highest BCUT2D eigenvalue weighted by atomic mass is 19.1. The molecule has 3 aliphatic carbocycles. The van der Waals surface area contributed by atoms with Crippen molar-refractivity contribution >= 4 is 103 Å². The van der Waals surface area contributed by atoms with E-state index in [1.807, 2.05) is 51.1 Å². The number of nitrogens with zero attached hydrogens (tertiary/aromatic N) is 17. The van der Waals surface area contributed by atoms with Crippen LogP contribution in [0.2, 0.25) is 0 Å². The quantitative estimate of drug-likeness (QED) is 0.0233. The Labute approximate surface area is 673 Å². The minimum absolute atomic E-state index is 0.0949. The molecular weight excluding hydrogens is 1500 g/mol. The van der Waals surface area contributed by atoms with Crippen molar-refractivity contribution in [3.05, 3.63) is 199 Å². The molecule has 3 fully saturated rings. The molecule has 0 amide bonds. The monoisotopic (exact) mass is 1600 g/mol.